The number of hydrogen-bond acceptors (Lipinski definition) is 7. The lowest BCUT2D eigenvalue weighted by atomic mass is 9.85. The first-order chi connectivity index (χ1) is 15.1. The number of methoxy groups -OCH3 is 2. The predicted molar refractivity (Wildman–Crippen MR) is 122 cm³/mol. The Balaban J connectivity index is 1.58. The second-order valence-electron chi connectivity index (χ2n) is 7.40. The molecular formula is C23H24N4O3S. The Morgan fingerprint density at radius 3 is 2.87 bits per heavy atom. The van der Waals surface area contributed by atoms with Crippen molar-refractivity contribution in [1.82, 2.24) is 9.97 Å². The lowest BCUT2D eigenvalue weighted by Gasteiger charge is -2.23. The van der Waals surface area contributed by atoms with Gasteiger partial charge in [0, 0.05) is 29.6 Å². The van der Waals surface area contributed by atoms with Gasteiger partial charge in [-0.3, -0.25) is 4.79 Å². The largest absolute Gasteiger partial charge is 0.497 e. The number of fused-ring (bicyclic) bond motifs is 1. The van der Waals surface area contributed by atoms with Gasteiger partial charge in [0.05, 0.1) is 35.7 Å². The van der Waals surface area contributed by atoms with Crippen LogP contribution in [0.2, 0.25) is 0 Å². The van der Waals surface area contributed by atoms with Crippen LogP contribution in [0, 0.1) is 17.8 Å². The zero-order valence-corrected chi connectivity index (χ0v) is 18.3. The van der Waals surface area contributed by atoms with Gasteiger partial charge in [-0.05, 0) is 30.9 Å². The maximum Gasteiger partial charge on any atom is 0.258 e. The Labute approximate surface area is 185 Å². The van der Waals surface area contributed by atoms with E-state index in [1.807, 2.05) is 0 Å². The molecule has 0 unspecified atom stereocenters. The van der Waals surface area contributed by atoms with Gasteiger partial charge in [-0.25, -0.2) is 9.97 Å². The molecule has 1 fully saturated rings. The summed E-state index contributed by atoms with van der Waals surface area (Å²) in [7, 11) is 3.12. The maximum absolute atomic E-state index is 13.0. The summed E-state index contributed by atoms with van der Waals surface area (Å²) in [6.45, 7) is 0. The molecule has 3 N–H and O–H groups in total. The van der Waals surface area contributed by atoms with E-state index in [0.29, 0.717) is 34.1 Å². The number of hydrogen-bond donors (Lipinski definition) is 2. The van der Waals surface area contributed by atoms with Gasteiger partial charge in [0.2, 0.25) is 5.82 Å². The van der Waals surface area contributed by atoms with Crippen molar-refractivity contribution >= 4 is 33.1 Å². The molecular weight excluding hydrogens is 412 g/mol. The fourth-order valence-corrected chi connectivity index (χ4v) is 4.48. The number of nitrogens with one attached hydrogen (secondary N) is 1. The minimum atomic E-state index is -0.276. The molecule has 2 heterocycles. The second-order valence-corrected chi connectivity index (χ2v) is 8.31. The number of rotatable bonds is 4. The molecule has 0 saturated heterocycles. The van der Waals surface area contributed by atoms with Gasteiger partial charge in [0.25, 0.3) is 5.91 Å². The van der Waals surface area contributed by atoms with Crippen molar-refractivity contribution in [3.8, 4) is 23.3 Å². The number of amides is 1. The molecule has 2 aromatic heterocycles. The van der Waals surface area contributed by atoms with Crippen LogP contribution < -0.4 is 20.5 Å². The summed E-state index contributed by atoms with van der Waals surface area (Å²) < 4.78 is 11.4. The summed E-state index contributed by atoms with van der Waals surface area (Å²) in [5.41, 5.74) is 7.79. The molecule has 2 atom stereocenters. The van der Waals surface area contributed by atoms with E-state index < -0.39 is 0 Å². The Morgan fingerprint density at radius 2 is 2.10 bits per heavy atom. The predicted octanol–water partition coefficient (Wildman–Crippen LogP) is 3.83. The topological polar surface area (TPSA) is 99.4 Å². The molecule has 7 nitrogen and oxygen atoms in total. The average molecular weight is 437 g/mol. The van der Waals surface area contributed by atoms with E-state index in [-0.39, 0.29) is 17.9 Å². The van der Waals surface area contributed by atoms with Crippen LogP contribution in [0.25, 0.3) is 10.2 Å². The van der Waals surface area contributed by atoms with E-state index in [1.54, 1.807) is 44.0 Å². The zero-order chi connectivity index (χ0) is 21.8. The molecule has 0 radical (unpaired) electrons. The molecule has 0 spiro atoms. The quantitative estimate of drug-likeness (QED) is 0.603. The third-order valence-corrected chi connectivity index (χ3v) is 6.31. The van der Waals surface area contributed by atoms with E-state index in [9.17, 15) is 4.79 Å². The highest BCUT2D eigenvalue weighted by atomic mass is 32.1. The molecule has 3 aromatic rings. The minimum Gasteiger partial charge on any atom is -0.497 e. The van der Waals surface area contributed by atoms with E-state index in [1.165, 1.54) is 11.3 Å². The highest BCUT2D eigenvalue weighted by molar-refractivity contribution is 7.17. The number of anilines is 1. The van der Waals surface area contributed by atoms with Gasteiger partial charge < -0.3 is 20.5 Å². The molecule has 0 aliphatic heterocycles. The smallest absolute Gasteiger partial charge is 0.258 e. The van der Waals surface area contributed by atoms with Crippen molar-refractivity contribution in [3.05, 3.63) is 41.2 Å². The van der Waals surface area contributed by atoms with Gasteiger partial charge in [-0.15, -0.1) is 11.3 Å². The van der Waals surface area contributed by atoms with Gasteiger partial charge in [-0.1, -0.05) is 18.8 Å². The van der Waals surface area contributed by atoms with Crippen LogP contribution >= 0.6 is 11.3 Å². The molecule has 4 rings (SSSR count). The van der Waals surface area contributed by atoms with Crippen LogP contribution in [0.1, 0.15) is 41.9 Å². The zero-order valence-electron chi connectivity index (χ0n) is 17.5. The minimum absolute atomic E-state index is 0.104. The molecule has 1 aliphatic carbocycles. The van der Waals surface area contributed by atoms with E-state index in [2.05, 4.69) is 27.1 Å². The number of benzene rings is 1. The SMILES string of the molecule is COc1ccc(NC(=O)c2csc3cnc(C#C[C@H]4CCCC[C@H]4N)nc23)c(OC)c1. The highest BCUT2D eigenvalue weighted by Gasteiger charge is 2.20. The standard InChI is InChI=1S/C23H24N4O3S/c1-29-15-8-9-18(19(11-15)30-2)26-23(28)16-13-31-20-12-25-21(27-22(16)20)10-7-14-5-3-4-6-17(14)24/h8-9,11-14,17H,3-6,24H2,1-2H3,(H,26,28)/t14-,17-/m1/s1. The van der Waals surface area contributed by atoms with Gasteiger partial charge in [0.1, 0.15) is 11.5 Å². The van der Waals surface area contributed by atoms with Crippen molar-refractivity contribution < 1.29 is 14.3 Å². The number of carbonyl (C=O) groups excluding carboxylic acids is 1. The molecule has 160 valence electrons. The van der Waals surface area contributed by atoms with Crippen molar-refractivity contribution in [3.63, 3.8) is 0 Å². The van der Waals surface area contributed by atoms with Crippen LogP contribution in [0.3, 0.4) is 0 Å². The maximum atomic E-state index is 13.0. The number of nitrogens with zero attached hydrogens (tertiary/aromatic N) is 2. The van der Waals surface area contributed by atoms with Crippen molar-refractivity contribution in [2.24, 2.45) is 11.7 Å². The first-order valence-electron chi connectivity index (χ1n) is 10.1. The summed E-state index contributed by atoms with van der Waals surface area (Å²) in [6.07, 6.45) is 6.03. The van der Waals surface area contributed by atoms with Gasteiger partial charge in [-0.2, -0.15) is 0 Å². The van der Waals surface area contributed by atoms with Crippen LogP contribution in [-0.2, 0) is 0 Å². The summed E-state index contributed by atoms with van der Waals surface area (Å²) in [6, 6.07) is 5.32. The molecule has 1 aliphatic rings. The van der Waals surface area contributed by atoms with E-state index >= 15 is 0 Å². The summed E-state index contributed by atoms with van der Waals surface area (Å²) in [5, 5.41) is 4.67. The fraction of sp³-hybridized carbons (Fsp3) is 0.348. The number of thiophene rings is 1. The molecule has 31 heavy (non-hydrogen) atoms. The van der Waals surface area contributed by atoms with E-state index in [4.69, 9.17) is 15.2 Å². The lowest BCUT2D eigenvalue weighted by Crippen LogP contribution is -2.32. The van der Waals surface area contributed by atoms with E-state index in [0.717, 1.165) is 30.4 Å². The molecule has 1 amide bonds. The molecule has 8 heteroatoms. The average Bonchev–Trinajstić information content (AvgIpc) is 3.22. The molecule has 1 aromatic carbocycles. The number of nitrogens with two attached hydrogens (primary N) is 1. The first-order valence-corrected chi connectivity index (χ1v) is 11.0. The lowest BCUT2D eigenvalue weighted by molar-refractivity contribution is 0.102. The third kappa shape index (κ3) is 4.63. The Kier molecular flexibility index (Phi) is 6.35. The first kappa shape index (κ1) is 21.1. The van der Waals surface area contributed by atoms with Crippen LogP contribution in [0.4, 0.5) is 5.69 Å². The van der Waals surface area contributed by atoms with Crippen LogP contribution in [-0.4, -0.2) is 36.1 Å². The van der Waals surface area contributed by atoms with Crippen molar-refractivity contribution in [1.29, 1.82) is 0 Å². The third-order valence-electron chi connectivity index (χ3n) is 5.40. The monoisotopic (exact) mass is 436 g/mol. The Morgan fingerprint density at radius 1 is 1.26 bits per heavy atom. The summed E-state index contributed by atoms with van der Waals surface area (Å²) in [4.78, 5) is 21.9. The normalized spacial score (nSPS) is 18.2. The Bertz CT molecular complexity index is 1160. The number of ether oxygens (including phenoxy) is 2. The highest BCUT2D eigenvalue weighted by Crippen LogP contribution is 2.31. The van der Waals surface area contributed by atoms with Gasteiger partial charge >= 0.3 is 0 Å². The van der Waals surface area contributed by atoms with Crippen molar-refractivity contribution in [2.45, 2.75) is 31.7 Å². The Hall–Kier alpha value is -3.15. The van der Waals surface area contributed by atoms with Gasteiger partial charge in [0.15, 0.2) is 0 Å². The number of carbonyl (C=O) groups is 1. The number of aromatic nitrogens is 2. The van der Waals surface area contributed by atoms with Crippen molar-refractivity contribution in [2.75, 3.05) is 19.5 Å². The summed E-state index contributed by atoms with van der Waals surface area (Å²) >= 11 is 1.42. The summed E-state index contributed by atoms with van der Waals surface area (Å²) in [5.74, 6) is 7.74. The molecule has 0 bridgehead atoms. The second kappa shape index (κ2) is 9.33. The fourth-order valence-electron chi connectivity index (χ4n) is 3.64. The van der Waals surface area contributed by atoms with Crippen LogP contribution in [0.5, 0.6) is 11.5 Å². The van der Waals surface area contributed by atoms with Crippen LogP contribution in [0.15, 0.2) is 29.8 Å². The molecule has 1 saturated carbocycles.